The van der Waals surface area contributed by atoms with E-state index in [1.165, 1.54) is 0 Å². The molecule has 3 heteroatoms. The summed E-state index contributed by atoms with van der Waals surface area (Å²) >= 11 is 4.63. The van der Waals surface area contributed by atoms with E-state index in [4.69, 9.17) is 0 Å². The highest BCUT2D eigenvalue weighted by Crippen LogP contribution is 1.72. The molecule has 1 aromatic rings. The minimum atomic E-state index is 0.676. The normalized spacial score (nSPS) is 8.67. The van der Waals surface area contributed by atoms with E-state index in [0.717, 1.165) is 0 Å². The summed E-state index contributed by atoms with van der Waals surface area (Å²) < 4.78 is 0.676. The number of aromatic nitrogens is 2. The van der Waals surface area contributed by atoms with Gasteiger partial charge in [-0.3, -0.25) is 0 Å². The van der Waals surface area contributed by atoms with Crippen molar-refractivity contribution < 1.29 is 0 Å². The molecule has 0 aromatic carbocycles. The van der Waals surface area contributed by atoms with E-state index in [1.807, 2.05) is 0 Å². The molecule has 0 atom stereocenters. The first-order valence-corrected chi connectivity index (χ1v) is 2.02. The van der Waals surface area contributed by atoms with Crippen LogP contribution in [0.2, 0.25) is 0 Å². The zero-order valence-corrected chi connectivity index (χ0v) is 3.88. The number of nitrogens with one attached hydrogen (secondary N) is 2. The van der Waals surface area contributed by atoms with Gasteiger partial charge in [0, 0.05) is 12.4 Å². The molecule has 32 valence electrons. The second-order valence-electron chi connectivity index (χ2n) is 0.951. The Bertz CT molecular complexity index is 147. The summed E-state index contributed by atoms with van der Waals surface area (Å²) in [4.78, 5) is 5.52. The lowest BCUT2D eigenvalue weighted by Gasteiger charge is -1.56. The van der Waals surface area contributed by atoms with E-state index in [2.05, 4.69) is 22.2 Å². The van der Waals surface area contributed by atoms with Crippen LogP contribution in [0.4, 0.5) is 0 Å². The quantitative estimate of drug-likeness (QED) is 0.472. The summed E-state index contributed by atoms with van der Waals surface area (Å²) in [5.74, 6) is 0. The van der Waals surface area contributed by atoms with Crippen molar-refractivity contribution in [1.29, 1.82) is 0 Å². The number of hydrogen-bond donors (Lipinski definition) is 2. The largest absolute Gasteiger partial charge is 0.338 e. The summed E-state index contributed by atoms with van der Waals surface area (Å²) in [6.07, 6.45) is 3.50. The summed E-state index contributed by atoms with van der Waals surface area (Å²) in [5.41, 5.74) is 0. The summed E-state index contributed by atoms with van der Waals surface area (Å²) in [5, 5.41) is 0. The topological polar surface area (TPSA) is 31.6 Å². The Hall–Kier alpha value is -0.570. The molecule has 1 heterocycles. The average Bonchev–Trinajstić information content (AvgIpc) is 1.86. The number of aromatic amines is 2. The van der Waals surface area contributed by atoms with Gasteiger partial charge in [-0.1, -0.05) is 0 Å². The van der Waals surface area contributed by atoms with Crippen LogP contribution in [0.15, 0.2) is 12.4 Å². The maximum absolute atomic E-state index is 4.63. The third kappa shape index (κ3) is 0.490. The first-order valence-electron chi connectivity index (χ1n) is 1.61. The van der Waals surface area contributed by atoms with Crippen LogP contribution >= 0.6 is 12.2 Å². The maximum atomic E-state index is 4.63. The summed E-state index contributed by atoms with van der Waals surface area (Å²) in [6, 6.07) is 0. The third-order valence-electron chi connectivity index (χ3n) is 0.512. The molecule has 0 amide bonds. The van der Waals surface area contributed by atoms with Crippen LogP contribution in [0.25, 0.3) is 0 Å². The average molecular weight is 102 g/mol. The molecule has 0 aliphatic rings. The second-order valence-corrected chi connectivity index (χ2v) is 1.36. The van der Waals surface area contributed by atoms with Crippen molar-refractivity contribution in [2.24, 2.45) is 0 Å². The molecule has 0 unspecified atom stereocenters. The fraction of sp³-hybridized carbons (Fsp3) is 0. The van der Waals surface area contributed by atoms with Gasteiger partial charge in [0.05, 0.1) is 0 Å². The molecule has 0 aliphatic heterocycles. The fourth-order valence-corrected chi connectivity index (χ4v) is 0.412. The Labute approximate surface area is 40.2 Å². The van der Waals surface area contributed by atoms with E-state index < -0.39 is 0 Å². The molecule has 0 bridgehead atoms. The minimum absolute atomic E-state index is 0.676. The van der Waals surface area contributed by atoms with Crippen molar-refractivity contribution >= 4 is 12.2 Å². The van der Waals surface area contributed by atoms with E-state index >= 15 is 0 Å². The smallest absolute Gasteiger partial charge is 0.174 e. The molecule has 1 rings (SSSR count). The van der Waals surface area contributed by atoms with Crippen molar-refractivity contribution in [1.82, 2.24) is 9.97 Å². The molecule has 0 radical (unpaired) electrons. The van der Waals surface area contributed by atoms with Crippen molar-refractivity contribution in [2.75, 3.05) is 0 Å². The SMILES string of the molecule is S=[14c]1[nH]cc[nH]1. The lowest BCUT2D eigenvalue weighted by molar-refractivity contribution is 1.27. The van der Waals surface area contributed by atoms with Crippen LogP contribution in [0.1, 0.15) is 0 Å². The van der Waals surface area contributed by atoms with Crippen LogP contribution in [0, 0.1) is 4.77 Å². The van der Waals surface area contributed by atoms with Crippen molar-refractivity contribution in [3.63, 3.8) is 0 Å². The van der Waals surface area contributed by atoms with E-state index in [1.54, 1.807) is 12.4 Å². The standard InChI is InChI=1S/C3H4N2S/c6-3-4-1-2-5-3/h1-2H,(H2,4,5,6)/i3+2. The molecule has 0 saturated carbocycles. The predicted molar refractivity (Wildman–Crippen MR) is 26.0 cm³/mol. The van der Waals surface area contributed by atoms with Gasteiger partial charge in [-0.15, -0.1) is 0 Å². The minimum Gasteiger partial charge on any atom is -0.338 e. The van der Waals surface area contributed by atoms with E-state index in [-0.39, 0.29) is 0 Å². The second kappa shape index (κ2) is 1.26. The number of rotatable bonds is 0. The van der Waals surface area contributed by atoms with E-state index in [0.29, 0.717) is 4.77 Å². The lowest BCUT2D eigenvalue weighted by atomic mass is 11.0. The number of imidazole rings is 1. The molecule has 1 aromatic heterocycles. The summed E-state index contributed by atoms with van der Waals surface area (Å²) in [6.45, 7) is 0. The van der Waals surface area contributed by atoms with Gasteiger partial charge >= 0.3 is 0 Å². The predicted octanol–water partition coefficient (Wildman–Crippen LogP) is 1.07. The van der Waals surface area contributed by atoms with Gasteiger partial charge in [-0.2, -0.15) is 0 Å². The Kier molecular flexibility index (Phi) is 0.759. The number of H-pyrrole nitrogens is 2. The van der Waals surface area contributed by atoms with Gasteiger partial charge in [0.15, 0.2) is 4.77 Å². The highest BCUT2D eigenvalue weighted by atomic mass is 32.1. The number of hydrogen-bond acceptors (Lipinski definition) is 1. The van der Waals surface area contributed by atoms with Crippen LogP contribution in [-0.2, 0) is 0 Å². The maximum Gasteiger partial charge on any atom is 0.174 e. The summed E-state index contributed by atoms with van der Waals surface area (Å²) in [7, 11) is 0. The molecule has 2 N–H and O–H groups in total. The Balaban J connectivity index is 3.41. The first kappa shape index (κ1) is 3.61. The molecule has 0 aliphatic carbocycles. The zero-order chi connectivity index (χ0) is 4.41. The molecular weight excluding hydrogens is 98.1 g/mol. The lowest BCUT2D eigenvalue weighted by Crippen LogP contribution is -1.54. The zero-order valence-electron chi connectivity index (χ0n) is 3.06. The van der Waals surface area contributed by atoms with Crippen LogP contribution in [0.5, 0.6) is 0 Å². The molecule has 6 heavy (non-hydrogen) atoms. The van der Waals surface area contributed by atoms with Gasteiger partial charge in [0.25, 0.3) is 0 Å². The van der Waals surface area contributed by atoms with Gasteiger partial charge in [0.2, 0.25) is 0 Å². The molecule has 0 fully saturated rings. The van der Waals surface area contributed by atoms with Gasteiger partial charge in [-0.05, 0) is 12.2 Å². The highest BCUT2D eigenvalue weighted by molar-refractivity contribution is 7.71. The van der Waals surface area contributed by atoms with E-state index in [9.17, 15) is 0 Å². The fourth-order valence-electron chi connectivity index (χ4n) is 0.276. The monoisotopic (exact) mass is 102 g/mol. The molecule has 0 spiro atoms. The van der Waals surface area contributed by atoms with Crippen molar-refractivity contribution in [3.05, 3.63) is 17.2 Å². The van der Waals surface area contributed by atoms with Gasteiger partial charge < -0.3 is 9.97 Å². The molecule has 2 nitrogen and oxygen atoms in total. The van der Waals surface area contributed by atoms with Crippen LogP contribution in [0.3, 0.4) is 0 Å². The molecule has 0 saturated heterocycles. The van der Waals surface area contributed by atoms with Crippen molar-refractivity contribution in [3.8, 4) is 0 Å². The van der Waals surface area contributed by atoms with Crippen LogP contribution in [-0.4, -0.2) is 9.97 Å². The van der Waals surface area contributed by atoms with Crippen LogP contribution < -0.4 is 0 Å². The van der Waals surface area contributed by atoms with Gasteiger partial charge in [0.1, 0.15) is 0 Å². The molecular formula is C3H4N2S. The van der Waals surface area contributed by atoms with Gasteiger partial charge in [-0.25, -0.2) is 0 Å². The first-order chi connectivity index (χ1) is 2.89. The Morgan fingerprint density at radius 2 is 1.83 bits per heavy atom. The Morgan fingerprint density at radius 1 is 1.33 bits per heavy atom. The highest BCUT2D eigenvalue weighted by Gasteiger charge is 1.64. The van der Waals surface area contributed by atoms with Crippen molar-refractivity contribution in [2.45, 2.75) is 0 Å². The third-order valence-corrected chi connectivity index (χ3v) is 0.748. The Morgan fingerprint density at radius 3 is 2.00 bits per heavy atom.